The molecule has 1 aromatic carbocycles. The van der Waals surface area contributed by atoms with Crippen LogP contribution >= 0.6 is 18.1 Å². The van der Waals surface area contributed by atoms with Crippen LogP contribution in [0.25, 0.3) is 0 Å². The maximum atomic E-state index is 12.4. The van der Waals surface area contributed by atoms with E-state index in [0.29, 0.717) is 6.07 Å². The molecular weight excluding hydrogens is 252 g/mol. The molecule has 1 rings (SSSR count). The Labute approximate surface area is 89.5 Å². The lowest BCUT2D eigenvalue weighted by molar-refractivity contribution is -0.136. The lowest BCUT2D eigenvalue weighted by Crippen LogP contribution is -2.15. The van der Waals surface area contributed by atoms with Crippen LogP contribution in [0.15, 0.2) is 18.2 Å². The number of hydrogen-bond acceptors (Lipinski definition) is 2. The summed E-state index contributed by atoms with van der Waals surface area (Å²) < 4.78 is 37.2. The predicted molar refractivity (Wildman–Crippen MR) is 57.4 cm³/mol. The summed E-state index contributed by atoms with van der Waals surface area (Å²) in [5.74, 6) is -2.32. The second kappa shape index (κ2) is 4.13. The standard InChI is InChI=1S/C7H6F3OPS2/c8-7(9,10)5-3-4(11)1-2-6(5)12(13)14/h1-3,11-12H,(H,13,14). The lowest BCUT2D eigenvalue weighted by atomic mass is 10.2. The van der Waals surface area contributed by atoms with Crippen molar-refractivity contribution in [1.29, 1.82) is 0 Å². The van der Waals surface area contributed by atoms with E-state index in [-0.39, 0.29) is 5.30 Å². The van der Waals surface area contributed by atoms with Crippen LogP contribution in [0.5, 0.6) is 5.75 Å². The van der Waals surface area contributed by atoms with Gasteiger partial charge in [0.25, 0.3) is 0 Å². The zero-order valence-electron chi connectivity index (χ0n) is 6.67. The highest BCUT2D eigenvalue weighted by molar-refractivity contribution is 8.58. The van der Waals surface area contributed by atoms with Gasteiger partial charge in [0.05, 0.1) is 5.56 Å². The van der Waals surface area contributed by atoms with Crippen molar-refractivity contribution in [2.75, 3.05) is 0 Å². The molecule has 0 fully saturated rings. The number of rotatable bonds is 1. The number of phenolic OH excluding ortho intramolecular Hbond substituents is 1. The molecule has 1 aromatic rings. The Kier molecular flexibility index (Phi) is 3.50. The number of phenols is 1. The number of alkyl halides is 3. The third-order valence-electron chi connectivity index (χ3n) is 1.54. The number of aromatic hydroxyl groups is 1. The largest absolute Gasteiger partial charge is 0.508 e. The molecule has 0 spiro atoms. The average Bonchev–Trinajstić information content (AvgIpc) is 2.01. The minimum Gasteiger partial charge on any atom is -0.508 e. The van der Waals surface area contributed by atoms with Gasteiger partial charge in [-0.3, -0.25) is 0 Å². The van der Waals surface area contributed by atoms with Gasteiger partial charge < -0.3 is 5.11 Å². The van der Waals surface area contributed by atoms with Crippen molar-refractivity contribution in [3.63, 3.8) is 0 Å². The zero-order chi connectivity index (χ0) is 10.9. The van der Waals surface area contributed by atoms with Crippen molar-refractivity contribution in [2.24, 2.45) is 0 Å². The first kappa shape index (κ1) is 11.9. The molecule has 0 amide bonds. The Hall–Kier alpha value is -0.190. The summed E-state index contributed by atoms with van der Waals surface area (Å²) in [6.45, 7) is 0. The van der Waals surface area contributed by atoms with Crippen molar-refractivity contribution in [1.82, 2.24) is 0 Å². The van der Waals surface area contributed by atoms with E-state index in [9.17, 15) is 13.2 Å². The molecule has 0 heterocycles. The van der Waals surface area contributed by atoms with E-state index in [1.165, 1.54) is 12.1 Å². The van der Waals surface area contributed by atoms with Crippen LogP contribution in [0.3, 0.4) is 0 Å². The first-order valence-electron chi connectivity index (χ1n) is 3.46. The maximum Gasteiger partial charge on any atom is 0.417 e. The first-order chi connectivity index (χ1) is 6.32. The zero-order valence-corrected chi connectivity index (χ0v) is 9.38. The van der Waals surface area contributed by atoms with Gasteiger partial charge in [-0.05, 0) is 18.2 Å². The molecule has 0 saturated heterocycles. The number of benzene rings is 1. The van der Waals surface area contributed by atoms with Crippen molar-refractivity contribution < 1.29 is 18.3 Å². The van der Waals surface area contributed by atoms with Crippen molar-refractivity contribution >= 4 is 35.3 Å². The van der Waals surface area contributed by atoms with Gasteiger partial charge >= 0.3 is 6.18 Å². The predicted octanol–water partition coefficient (Wildman–Crippen LogP) is 2.56. The molecule has 0 aliphatic heterocycles. The SMILES string of the molecule is Oc1ccc([PH](=S)S)c(C(F)(F)F)c1. The molecule has 14 heavy (non-hydrogen) atoms. The molecule has 1 atom stereocenters. The van der Waals surface area contributed by atoms with E-state index in [2.05, 4.69) is 12.2 Å². The Balaban J connectivity index is 3.38. The highest BCUT2D eigenvalue weighted by Gasteiger charge is 2.34. The lowest BCUT2D eigenvalue weighted by Gasteiger charge is -2.12. The number of hydrogen-bond donors (Lipinski definition) is 2. The summed E-state index contributed by atoms with van der Waals surface area (Å²) in [4.78, 5) is 0. The van der Waals surface area contributed by atoms with Crippen LogP contribution in [-0.4, -0.2) is 5.11 Å². The molecule has 0 radical (unpaired) electrons. The molecule has 1 N–H and O–H groups in total. The van der Waals surface area contributed by atoms with Gasteiger partial charge in [0, 0.05) is 11.2 Å². The quantitative estimate of drug-likeness (QED) is 0.596. The Morgan fingerprint density at radius 1 is 1.36 bits per heavy atom. The molecule has 0 saturated carbocycles. The molecule has 0 aliphatic rings. The number of halogens is 3. The van der Waals surface area contributed by atoms with Gasteiger partial charge in [0.15, 0.2) is 0 Å². The third kappa shape index (κ3) is 2.65. The molecule has 78 valence electrons. The van der Waals surface area contributed by atoms with E-state index in [4.69, 9.17) is 16.9 Å². The van der Waals surface area contributed by atoms with Crippen LogP contribution in [-0.2, 0) is 18.0 Å². The minimum atomic E-state index is -4.49. The molecule has 0 aliphatic carbocycles. The molecule has 1 nitrogen and oxygen atoms in total. The molecule has 0 aromatic heterocycles. The van der Waals surface area contributed by atoms with E-state index in [0.717, 1.165) is 0 Å². The average molecular weight is 258 g/mol. The Bertz CT molecular complexity index is 378. The van der Waals surface area contributed by atoms with Crippen LogP contribution in [0.2, 0.25) is 0 Å². The van der Waals surface area contributed by atoms with E-state index in [1.54, 1.807) is 0 Å². The minimum absolute atomic E-state index is 0.0152. The van der Waals surface area contributed by atoms with Crippen LogP contribution in [0.1, 0.15) is 5.56 Å². The second-order valence-corrected chi connectivity index (χ2v) is 7.16. The molecular formula is C7H6F3OPS2. The van der Waals surface area contributed by atoms with Crippen LogP contribution in [0.4, 0.5) is 13.2 Å². The fourth-order valence-corrected chi connectivity index (χ4v) is 2.74. The van der Waals surface area contributed by atoms with Crippen molar-refractivity contribution in [3.05, 3.63) is 23.8 Å². The third-order valence-corrected chi connectivity index (χ3v) is 3.82. The summed E-state index contributed by atoms with van der Waals surface area (Å²) in [7, 11) is 0. The van der Waals surface area contributed by atoms with Gasteiger partial charge in [0.1, 0.15) is 5.75 Å². The summed E-state index contributed by atoms with van der Waals surface area (Å²) in [5.41, 5.74) is -0.892. The highest BCUT2D eigenvalue weighted by Crippen LogP contribution is 2.36. The summed E-state index contributed by atoms with van der Waals surface area (Å²) in [6, 6.07) is 3.02. The Morgan fingerprint density at radius 3 is 2.36 bits per heavy atom. The topological polar surface area (TPSA) is 20.2 Å². The van der Waals surface area contributed by atoms with E-state index in [1.807, 2.05) is 0 Å². The highest BCUT2D eigenvalue weighted by atomic mass is 32.9. The monoisotopic (exact) mass is 258 g/mol. The maximum absolute atomic E-state index is 12.4. The van der Waals surface area contributed by atoms with Gasteiger partial charge in [0.2, 0.25) is 0 Å². The molecule has 0 bridgehead atoms. The van der Waals surface area contributed by atoms with Gasteiger partial charge in [-0.1, -0.05) is 11.8 Å². The van der Waals surface area contributed by atoms with E-state index >= 15 is 0 Å². The molecule has 7 heteroatoms. The van der Waals surface area contributed by atoms with Crippen molar-refractivity contribution in [2.45, 2.75) is 6.18 Å². The summed E-state index contributed by atoms with van der Waals surface area (Å²) >= 11 is 8.59. The number of thiol groups is 1. The fourth-order valence-electron chi connectivity index (χ4n) is 0.953. The van der Waals surface area contributed by atoms with Gasteiger partial charge in [-0.15, -0.1) is 12.2 Å². The molecule has 1 unspecified atom stereocenters. The summed E-state index contributed by atoms with van der Waals surface area (Å²) in [6.07, 6.45) is -4.49. The van der Waals surface area contributed by atoms with Crippen molar-refractivity contribution in [3.8, 4) is 5.75 Å². The van der Waals surface area contributed by atoms with Crippen LogP contribution in [0, 0.1) is 0 Å². The van der Waals surface area contributed by atoms with Crippen LogP contribution < -0.4 is 5.30 Å². The van der Waals surface area contributed by atoms with Gasteiger partial charge in [-0.2, -0.15) is 13.2 Å². The smallest absolute Gasteiger partial charge is 0.417 e. The fraction of sp³-hybridized carbons (Fsp3) is 0.143. The van der Waals surface area contributed by atoms with E-state index < -0.39 is 23.4 Å². The Morgan fingerprint density at radius 2 is 1.93 bits per heavy atom. The summed E-state index contributed by atoms with van der Waals surface area (Å²) in [5, 5.41) is 8.92. The van der Waals surface area contributed by atoms with Gasteiger partial charge in [-0.25, -0.2) is 0 Å². The second-order valence-electron chi connectivity index (χ2n) is 2.53. The normalized spacial score (nSPS) is 14.0. The first-order valence-corrected chi connectivity index (χ1v) is 7.38.